The summed E-state index contributed by atoms with van der Waals surface area (Å²) in [5.41, 5.74) is 5.87. The Morgan fingerprint density at radius 3 is 2.70 bits per heavy atom. The zero-order valence-electron chi connectivity index (χ0n) is 11.1. The average Bonchev–Trinajstić information content (AvgIpc) is 2.72. The number of hydrogen-bond acceptors (Lipinski definition) is 4. The molecule has 0 saturated heterocycles. The summed E-state index contributed by atoms with van der Waals surface area (Å²) in [4.78, 5) is 3.95. The molecular formula is C12H15FN4O2S. The van der Waals surface area contributed by atoms with Gasteiger partial charge in [0.1, 0.15) is 11.6 Å². The van der Waals surface area contributed by atoms with Crippen LogP contribution in [0.15, 0.2) is 29.4 Å². The first-order valence-electron chi connectivity index (χ1n) is 5.85. The van der Waals surface area contributed by atoms with Crippen LogP contribution >= 0.6 is 0 Å². The molecular weight excluding hydrogens is 283 g/mol. The fraction of sp³-hybridized carbons (Fsp3) is 0.250. The third-order valence-corrected chi connectivity index (χ3v) is 4.13. The van der Waals surface area contributed by atoms with Crippen LogP contribution < -0.4 is 10.5 Å². The molecule has 2 aromatic rings. The number of benzene rings is 1. The van der Waals surface area contributed by atoms with Crippen LogP contribution in [0.2, 0.25) is 0 Å². The molecule has 0 spiro atoms. The van der Waals surface area contributed by atoms with Crippen molar-refractivity contribution in [2.24, 2.45) is 12.8 Å². The van der Waals surface area contributed by atoms with E-state index < -0.39 is 15.8 Å². The van der Waals surface area contributed by atoms with E-state index in [0.717, 1.165) is 0 Å². The first kappa shape index (κ1) is 14.5. The van der Waals surface area contributed by atoms with Crippen LogP contribution in [0.3, 0.4) is 0 Å². The molecule has 1 aromatic carbocycles. The summed E-state index contributed by atoms with van der Waals surface area (Å²) in [5, 5.41) is -0.0869. The van der Waals surface area contributed by atoms with E-state index in [2.05, 4.69) is 9.71 Å². The topological polar surface area (TPSA) is 90.0 Å². The average molecular weight is 298 g/mol. The number of halogens is 1. The Morgan fingerprint density at radius 1 is 1.45 bits per heavy atom. The Labute approximate surface area is 116 Å². The highest BCUT2D eigenvalue weighted by atomic mass is 32.2. The molecule has 2 rings (SSSR count). The number of nitrogens with two attached hydrogens (primary N) is 1. The van der Waals surface area contributed by atoms with Crippen molar-refractivity contribution in [1.82, 2.24) is 9.55 Å². The van der Waals surface area contributed by atoms with Crippen molar-refractivity contribution in [2.75, 3.05) is 4.72 Å². The van der Waals surface area contributed by atoms with Crippen molar-refractivity contribution in [1.29, 1.82) is 0 Å². The number of nitrogens with one attached hydrogen (secondary N) is 1. The highest BCUT2D eigenvalue weighted by Gasteiger charge is 2.19. The lowest BCUT2D eigenvalue weighted by atomic mass is 10.2. The largest absolute Gasteiger partial charge is 0.337 e. The maximum Gasteiger partial charge on any atom is 0.280 e. The van der Waals surface area contributed by atoms with Gasteiger partial charge in [-0.15, -0.1) is 0 Å². The Hall–Kier alpha value is -1.93. The minimum atomic E-state index is -3.80. The zero-order chi connectivity index (χ0) is 14.9. The predicted molar refractivity (Wildman–Crippen MR) is 73.0 cm³/mol. The van der Waals surface area contributed by atoms with Crippen LogP contribution in [-0.2, 0) is 23.6 Å². The second kappa shape index (κ2) is 5.22. The number of aryl methyl sites for hydroxylation is 2. The second-order valence-electron chi connectivity index (χ2n) is 4.35. The number of rotatable bonds is 4. The Morgan fingerprint density at radius 2 is 2.15 bits per heavy atom. The van der Waals surface area contributed by atoms with E-state index in [1.165, 1.54) is 24.4 Å². The fourth-order valence-electron chi connectivity index (χ4n) is 1.66. The molecule has 3 N–H and O–H groups in total. The summed E-state index contributed by atoms with van der Waals surface area (Å²) in [6, 6.07) is 3.87. The van der Waals surface area contributed by atoms with Gasteiger partial charge in [0.25, 0.3) is 10.0 Å². The molecule has 0 aliphatic rings. The Balaban J connectivity index is 2.33. The monoisotopic (exact) mass is 298 g/mol. The molecule has 0 unspecified atom stereocenters. The molecule has 8 heteroatoms. The predicted octanol–water partition coefficient (Wildman–Crippen LogP) is 1.13. The third-order valence-electron chi connectivity index (χ3n) is 2.88. The first-order valence-corrected chi connectivity index (χ1v) is 7.33. The van der Waals surface area contributed by atoms with Gasteiger partial charge in [-0.3, -0.25) is 4.72 Å². The number of sulfonamides is 1. The minimum Gasteiger partial charge on any atom is -0.337 e. The second-order valence-corrected chi connectivity index (χ2v) is 5.98. The fourth-order valence-corrected chi connectivity index (χ4v) is 2.75. The third kappa shape index (κ3) is 2.81. The molecule has 0 amide bonds. The van der Waals surface area contributed by atoms with Crippen LogP contribution in [0.1, 0.15) is 11.4 Å². The summed E-state index contributed by atoms with van der Waals surface area (Å²) in [6.45, 7) is 1.69. The lowest BCUT2D eigenvalue weighted by Crippen LogP contribution is -2.14. The van der Waals surface area contributed by atoms with E-state index in [1.54, 1.807) is 18.5 Å². The lowest BCUT2D eigenvalue weighted by Gasteiger charge is -2.07. The molecule has 108 valence electrons. The number of imidazole rings is 1. The number of hydrogen-bond donors (Lipinski definition) is 2. The maximum absolute atomic E-state index is 13.3. The van der Waals surface area contributed by atoms with Gasteiger partial charge in [0, 0.05) is 31.0 Å². The molecule has 0 aliphatic carbocycles. The molecule has 0 aliphatic heterocycles. The van der Waals surface area contributed by atoms with Gasteiger partial charge >= 0.3 is 0 Å². The smallest absolute Gasteiger partial charge is 0.280 e. The minimum absolute atomic E-state index is 0.00983. The molecule has 0 saturated carbocycles. The number of aromatic nitrogens is 2. The Bertz CT molecular complexity index is 720. The van der Waals surface area contributed by atoms with Crippen molar-refractivity contribution < 1.29 is 12.8 Å². The van der Waals surface area contributed by atoms with Crippen LogP contribution in [0.4, 0.5) is 10.1 Å². The van der Waals surface area contributed by atoms with Crippen molar-refractivity contribution >= 4 is 15.7 Å². The summed E-state index contributed by atoms with van der Waals surface area (Å²) in [5.74, 6) is 0.108. The summed E-state index contributed by atoms with van der Waals surface area (Å²) in [7, 11) is -2.10. The molecule has 1 aromatic heterocycles. The van der Waals surface area contributed by atoms with E-state index >= 15 is 0 Å². The van der Waals surface area contributed by atoms with Crippen molar-refractivity contribution in [3.8, 4) is 0 Å². The quantitative estimate of drug-likeness (QED) is 0.885. The highest BCUT2D eigenvalue weighted by molar-refractivity contribution is 7.92. The molecule has 0 fully saturated rings. The molecule has 0 radical (unpaired) electrons. The maximum atomic E-state index is 13.3. The molecule has 6 nitrogen and oxygen atoms in total. The van der Waals surface area contributed by atoms with Gasteiger partial charge in [0.2, 0.25) is 0 Å². The van der Waals surface area contributed by atoms with Gasteiger partial charge in [0.15, 0.2) is 5.03 Å². The van der Waals surface area contributed by atoms with Gasteiger partial charge in [-0.1, -0.05) is 0 Å². The van der Waals surface area contributed by atoms with E-state index in [0.29, 0.717) is 5.82 Å². The van der Waals surface area contributed by atoms with Crippen molar-refractivity contribution in [3.05, 3.63) is 41.6 Å². The van der Waals surface area contributed by atoms with Gasteiger partial charge < -0.3 is 10.3 Å². The van der Waals surface area contributed by atoms with E-state index in [4.69, 9.17) is 5.73 Å². The van der Waals surface area contributed by atoms with Gasteiger partial charge in [-0.2, -0.15) is 8.42 Å². The van der Waals surface area contributed by atoms with Crippen LogP contribution in [0, 0.1) is 12.7 Å². The molecule has 1 heterocycles. The standard InChI is InChI=1S/C12H15FN4O2S/c1-8-15-12(7-17(8)2)20(18,19)16-10-3-4-11(13)9(5-10)6-14/h3-5,7,16H,6,14H2,1-2H3. The molecule has 20 heavy (non-hydrogen) atoms. The SMILES string of the molecule is Cc1nc(S(=O)(=O)Nc2ccc(F)c(CN)c2)cn1C. The van der Waals surface area contributed by atoms with E-state index in [9.17, 15) is 12.8 Å². The molecule has 0 bridgehead atoms. The van der Waals surface area contributed by atoms with Crippen molar-refractivity contribution in [2.45, 2.75) is 18.5 Å². The van der Waals surface area contributed by atoms with Crippen LogP contribution in [0.5, 0.6) is 0 Å². The lowest BCUT2D eigenvalue weighted by molar-refractivity contribution is 0.597. The van der Waals surface area contributed by atoms with E-state index in [1.807, 2.05) is 0 Å². The summed E-state index contributed by atoms with van der Waals surface area (Å²) < 4.78 is 41.5. The van der Waals surface area contributed by atoms with Gasteiger partial charge in [-0.25, -0.2) is 9.37 Å². The zero-order valence-corrected chi connectivity index (χ0v) is 11.9. The summed E-state index contributed by atoms with van der Waals surface area (Å²) >= 11 is 0. The van der Waals surface area contributed by atoms with Crippen LogP contribution in [0.25, 0.3) is 0 Å². The van der Waals surface area contributed by atoms with Crippen LogP contribution in [-0.4, -0.2) is 18.0 Å². The highest BCUT2D eigenvalue weighted by Crippen LogP contribution is 2.18. The number of nitrogens with zero attached hydrogens (tertiary/aromatic N) is 2. The first-order chi connectivity index (χ1) is 9.33. The van der Waals surface area contributed by atoms with E-state index in [-0.39, 0.29) is 22.8 Å². The number of anilines is 1. The Kier molecular flexibility index (Phi) is 3.78. The van der Waals surface area contributed by atoms with Gasteiger partial charge in [0.05, 0.1) is 0 Å². The summed E-state index contributed by atoms with van der Waals surface area (Å²) in [6.07, 6.45) is 1.41. The van der Waals surface area contributed by atoms with Crippen molar-refractivity contribution in [3.63, 3.8) is 0 Å². The normalized spacial score (nSPS) is 11.6. The molecule has 0 atom stereocenters. The van der Waals surface area contributed by atoms with Gasteiger partial charge in [-0.05, 0) is 25.1 Å².